The Hall–Kier alpha value is -2.54. The monoisotopic (exact) mass is 406 g/mol. The molecule has 7 nitrogen and oxygen atoms in total. The molecular formula is C20H27ClN4O3. The number of benzene rings is 1. The number of ether oxygens (including phenoxy) is 1. The van der Waals surface area contributed by atoms with Gasteiger partial charge in [-0.3, -0.25) is 9.69 Å². The van der Waals surface area contributed by atoms with Crippen LogP contribution in [0.4, 0.5) is 4.79 Å². The van der Waals surface area contributed by atoms with Crippen molar-refractivity contribution < 1.29 is 14.3 Å². The van der Waals surface area contributed by atoms with E-state index < -0.39 is 11.5 Å². The maximum Gasteiger partial charge on any atom is 0.410 e. The van der Waals surface area contributed by atoms with Gasteiger partial charge in [-0.1, -0.05) is 29.8 Å². The van der Waals surface area contributed by atoms with E-state index in [4.69, 9.17) is 22.1 Å². The first kappa shape index (κ1) is 21.8. The van der Waals surface area contributed by atoms with Crippen LogP contribution >= 0.6 is 11.6 Å². The van der Waals surface area contributed by atoms with Gasteiger partial charge in [0.1, 0.15) is 17.1 Å². The fraction of sp³-hybridized carbons (Fsp3) is 0.450. The predicted octanol–water partition coefficient (Wildman–Crippen LogP) is 3.94. The average Bonchev–Trinajstić information content (AvgIpc) is 3.01. The van der Waals surface area contributed by atoms with Crippen molar-refractivity contribution in [2.24, 2.45) is 5.73 Å². The summed E-state index contributed by atoms with van der Waals surface area (Å²) in [7, 11) is 0. The maximum atomic E-state index is 12.1. The van der Waals surface area contributed by atoms with Crippen LogP contribution in [0.15, 0.2) is 30.5 Å². The van der Waals surface area contributed by atoms with Gasteiger partial charge in [0.05, 0.1) is 18.8 Å². The van der Waals surface area contributed by atoms with E-state index in [9.17, 15) is 9.59 Å². The van der Waals surface area contributed by atoms with Gasteiger partial charge in [-0.05, 0) is 46.2 Å². The van der Waals surface area contributed by atoms with Crippen molar-refractivity contribution in [1.29, 1.82) is 0 Å². The Kier molecular flexibility index (Phi) is 6.72. The minimum atomic E-state index is -0.536. The van der Waals surface area contributed by atoms with E-state index in [2.05, 4.69) is 4.98 Å². The third-order valence-corrected chi connectivity index (χ3v) is 4.54. The number of amides is 2. The number of nitrogens with zero attached hydrogens (tertiary/aromatic N) is 3. The van der Waals surface area contributed by atoms with Crippen molar-refractivity contribution in [1.82, 2.24) is 14.5 Å². The summed E-state index contributed by atoms with van der Waals surface area (Å²) in [6.07, 6.45) is 1.08. The molecule has 0 radical (unpaired) electrons. The topological polar surface area (TPSA) is 90.5 Å². The quantitative estimate of drug-likeness (QED) is 0.776. The zero-order valence-corrected chi connectivity index (χ0v) is 17.7. The maximum absolute atomic E-state index is 12.1. The lowest BCUT2D eigenvalue weighted by Gasteiger charge is -2.34. The Labute approximate surface area is 170 Å². The lowest BCUT2D eigenvalue weighted by molar-refractivity contribution is 0.0169. The van der Waals surface area contributed by atoms with E-state index in [1.807, 2.05) is 58.9 Å². The summed E-state index contributed by atoms with van der Waals surface area (Å²) in [4.78, 5) is 29.2. The third-order valence-electron chi connectivity index (χ3n) is 4.11. The van der Waals surface area contributed by atoms with Crippen LogP contribution in [0.3, 0.4) is 0 Å². The highest BCUT2D eigenvalue weighted by Crippen LogP contribution is 2.24. The van der Waals surface area contributed by atoms with Crippen LogP contribution in [-0.4, -0.2) is 38.6 Å². The second-order valence-electron chi connectivity index (χ2n) is 7.75. The second kappa shape index (κ2) is 8.65. The number of rotatable bonds is 1. The number of aryl methyl sites for hydroxylation is 1. The third kappa shape index (κ3) is 5.48. The normalized spacial score (nSPS) is 15.9. The largest absolute Gasteiger partial charge is 0.444 e. The summed E-state index contributed by atoms with van der Waals surface area (Å²) in [5.74, 6) is 0.129. The standard InChI is InChI=1S/C13H20N4O3.C7H7Cl/c1-8-6-16(12(19)20-13(2,3)4)7-10-15-5-9(11(14)18)17(8)10;1-6-4-2-3-5-7(6)8/h5,8H,6-7H2,1-4H3,(H2,14,18);2-5H,1H3. The van der Waals surface area contributed by atoms with Gasteiger partial charge in [-0.2, -0.15) is 0 Å². The molecule has 28 heavy (non-hydrogen) atoms. The number of carbonyl (C=O) groups excluding carboxylic acids is 2. The molecule has 2 N–H and O–H groups in total. The fourth-order valence-corrected chi connectivity index (χ4v) is 2.98. The van der Waals surface area contributed by atoms with E-state index in [0.29, 0.717) is 24.6 Å². The molecule has 2 aromatic rings. The molecule has 8 heteroatoms. The number of hydrogen-bond acceptors (Lipinski definition) is 4. The molecule has 0 saturated heterocycles. The lowest BCUT2D eigenvalue weighted by Crippen LogP contribution is -2.43. The van der Waals surface area contributed by atoms with Crippen molar-refractivity contribution in [3.05, 3.63) is 52.6 Å². The minimum Gasteiger partial charge on any atom is -0.444 e. The number of nitrogens with two attached hydrogens (primary N) is 1. The molecule has 0 spiro atoms. The minimum absolute atomic E-state index is 0.0729. The number of hydrogen-bond donors (Lipinski definition) is 1. The number of imidazole rings is 1. The number of halogens is 1. The van der Waals surface area contributed by atoms with Gasteiger partial charge in [0.2, 0.25) is 0 Å². The van der Waals surface area contributed by atoms with Crippen LogP contribution in [0.25, 0.3) is 0 Å². The first-order valence-electron chi connectivity index (χ1n) is 9.04. The summed E-state index contributed by atoms with van der Waals surface area (Å²) in [5, 5.41) is 0.840. The Bertz CT molecular complexity index is 836. The Morgan fingerprint density at radius 1 is 1.29 bits per heavy atom. The van der Waals surface area contributed by atoms with Crippen molar-refractivity contribution in [2.75, 3.05) is 6.54 Å². The molecule has 152 valence electrons. The van der Waals surface area contributed by atoms with Gasteiger partial charge in [0.15, 0.2) is 0 Å². The highest BCUT2D eigenvalue weighted by Gasteiger charge is 2.31. The summed E-state index contributed by atoms with van der Waals surface area (Å²) < 4.78 is 7.13. The van der Waals surface area contributed by atoms with E-state index in [0.717, 1.165) is 10.6 Å². The van der Waals surface area contributed by atoms with Gasteiger partial charge in [-0.15, -0.1) is 0 Å². The molecule has 0 aliphatic carbocycles. The molecule has 2 amide bonds. The van der Waals surface area contributed by atoms with Crippen LogP contribution in [0.2, 0.25) is 5.02 Å². The lowest BCUT2D eigenvalue weighted by atomic mass is 10.2. The van der Waals surface area contributed by atoms with Gasteiger partial charge < -0.3 is 15.0 Å². The van der Waals surface area contributed by atoms with Crippen molar-refractivity contribution in [3.63, 3.8) is 0 Å². The molecule has 1 aliphatic rings. The summed E-state index contributed by atoms with van der Waals surface area (Å²) >= 11 is 5.71. The SMILES string of the molecule is CC1CN(C(=O)OC(C)(C)C)Cc2ncc(C(N)=O)n21.Cc1ccccc1Cl. The number of carbonyl (C=O) groups is 2. The van der Waals surface area contributed by atoms with Crippen LogP contribution in [0.1, 0.15) is 55.6 Å². The molecular weight excluding hydrogens is 380 g/mol. The number of fused-ring (bicyclic) bond motifs is 1. The smallest absolute Gasteiger partial charge is 0.410 e. The first-order chi connectivity index (χ1) is 13.0. The summed E-state index contributed by atoms with van der Waals surface area (Å²) in [5.41, 5.74) is 6.29. The molecule has 0 bridgehead atoms. The van der Waals surface area contributed by atoms with Gasteiger partial charge in [0.25, 0.3) is 5.91 Å². The van der Waals surface area contributed by atoms with Gasteiger partial charge >= 0.3 is 6.09 Å². The van der Waals surface area contributed by atoms with Gasteiger partial charge in [-0.25, -0.2) is 9.78 Å². The van der Waals surface area contributed by atoms with Crippen LogP contribution in [-0.2, 0) is 11.3 Å². The Balaban J connectivity index is 0.000000292. The first-order valence-corrected chi connectivity index (χ1v) is 9.42. The van der Waals surface area contributed by atoms with Crippen LogP contribution in [0, 0.1) is 6.92 Å². The van der Waals surface area contributed by atoms with Crippen molar-refractivity contribution in [3.8, 4) is 0 Å². The molecule has 1 aromatic carbocycles. The average molecular weight is 407 g/mol. The number of aromatic nitrogens is 2. The van der Waals surface area contributed by atoms with Crippen molar-refractivity contribution in [2.45, 2.75) is 52.8 Å². The molecule has 0 fully saturated rings. The molecule has 2 heterocycles. The molecule has 1 aliphatic heterocycles. The molecule has 1 aromatic heterocycles. The van der Waals surface area contributed by atoms with E-state index in [1.54, 1.807) is 9.47 Å². The number of primary amides is 1. The summed E-state index contributed by atoms with van der Waals surface area (Å²) in [6.45, 7) is 10.1. The molecule has 3 rings (SSSR count). The molecule has 1 atom stereocenters. The van der Waals surface area contributed by atoms with Crippen molar-refractivity contribution >= 4 is 23.6 Å². The summed E-state index contributed by atoms with van der Waals surface area (Å²) in [6, 6.07) is 7.70. The highest BCUT2D eigenvalue weighted by atomic mass is 35.5. The molecule has 1 unspecified atom stereocenters. The zero-order chi connectivity index (χ0) is 21.1. The fourth-order valence-electron chi connectivity index (χ4n) is 2.84. The Morgan fingerprint density at radius 2 is 1.93 bits per heavy atom. The van der Waals surface area contributed by atoms with E-state index in [-0.39, 0.29) is 12.1 Å². The predicted molar refractivity (Wildman–Crippen MR) is 108 cm³/mol. The zero-order valence-electron chi connectivity index (χ0n) is 16.9. The molecule has 0 saturated carbocycles. The van der Waals surface area contributed by atoms with Gasteiger partial charge in [0, 0.05) is 11.6 Å². The van der Waals surface area contributed by atoms with Crippen LogP contribution < -0.4 is 5.73 Å². The Morgan fingerprint density at radius 3 is 2.43 bits per heavy atom. The van der Waals surface area contributed by atoms with E-state index in [1.165, 1.54) is 6.20 Å². The highest BCUT2D eigenvalue weighted by molar-refractivity contribution is 6.31. The van der Waals surface area contributed by atoms with E-state index >= 15 is 0 Å². The van der Waals surface area contributed by atoms with Crippen LogP contribution in [0.5, 0.6) is 0 Å². The second-order valence-corrected chi connectivity index (χ2v) is 8.16.